The van der Waals surface area contributed by atoms with E-state index < -0.39 is 5.41 Å². The first kappa shape index (κ1) is 13.3. The molecule has 0 bridgehead atoms. The fourth-order valence-corrected chi connectivity index (χ4v) is 2.26. The van der Waals surface area contributed by atoms with Gasteiger partial charge in [-0.05, 0) is 25.3 Å². The highest BCUT2D eigenvalue weighted by molar-refractivity contribution is 9.09. The van der Waals surface area contributed by atoms with Gasteiger partial charge in [0.25, 0.3) is 0 Å². The van der Waals surface area contributed by atoms with Crippen LogP contribution in [0, 0.1) is 5.41 Å². The highest BCUT2D eigenvalue weighted by Crippen LogP contribution is 2.39. The van der Waals surface area contributed by atoms with E-state index in [9.17, 15) is 4.79 Å². The molecule has 0 saturated heterocycles. The molecule has 0 aromatic heterocycles. The summed E-state index contributed by atoms with van der Waals surface area (Å²) in [5.41, 5.74) is -0.727. The number of hydrogen-bond donors (Lipinski definition) is 0. The predicted octanol–water partition coefficient (Wildman–Crippen LogP) is 2.81. The third-order valence-corrected chi connectivity index (χ3v) is 3.32. The van der Waals surface area contributed by atoms with Gasteiger partial charge in [0.05, 0.1) is 14.2 Å². The van der Waals surface area contributed by atoms with Gasteiger partial charge in [0.2, 0.25) is 0 Å². The molecule has 3 nitrogen and oxygen atoms in total. The first-order chi connectivity index (χ1) is 7.71. The van der Waals surface area contributed by atoms with E-state index in [2.05, 4.69) is 15.9 Å². The second-order valence-electron chi connectivity index (χ2n) is 3.67. The molecule has 0 aliphatic heterocycles. The zero-order valence-corrected chi connectivity index (χ0v) is 11.2. The van der Waals surface area contributed by atoms with Gasteiger partial charge in [-0.1, -0.05) is 28.1 Å². The normalized spacial score (nSPS) is 23.8. The molecule has 0 saturated carbocycles. The molecule has 16 heavy (non-hydrogen) atoms. The summed E-state index contributed by atoms with van der Waals surface area (Å²) in [6, 6.07) is 0. The lowest BCUT2D eigenvalue weighted by atomic mass is 9.78. The molecule has 1 unspecified atom stereocenters. The summed E-state index contributed by atoms with van der Waals surface area (Å²) < 4.78 is 10.2. The molecule has 0 aromatic rings. The lowest BCUT2D eigenvalue weighted by molar-refractivity contribution is -0.150. The van der Waals surface area contributed by atoms with E-state index in [0.29, 0.717) is 12.2 Å². The van der Waals surface area contributed by atoms with Gasteiger partial charge >= 0.3 is 5.97 Å². The van der Waals surface area contributed by atoms with Crippen LogP contribution in [0.25, 0.3) is 0 Å². The number of carbonyl (C=O) groups excluding carboxylic acids is 1. The number of rotatable bonds is 5. The van der Waals surface area contributed by atoms with Crippen LogP contribution >= 0.6 is 15.9 Å². The minimum Gasteiger partial charge on any atom is -0.500 e. The Hall–Kier alpha value is -0.770. The Morgan fingerprint density at radius 1 is 1.56 bits per heavy atom. The van der Waals surface area contributed by atoms with E-state index in [4.69, 9.17) is 9.47 Å². The Labute approximate surface area is 105 Å². The average molecular weight is 289 g/mol. The molecule has 1 aliphatic rings. The number of hydrogen-bond acceptors (Lipinski definition) is 3. The molecule has 0 radical (unpaired) electrons. The van der Waals surface area contributed by atoms with Gasteiger partial charge in [0.1, 0.15) is 11.2 Å². The van der Waals surface area contributed by atoms with Crippen LogP contribution in [-0.4, -0.2) is 25.5 Å². The van der Waals surface area contributed by atoms with Crippen molar-refractivity contribution in [1.29, 1.82) is 0 Å². The number of ether oxygens (including phenoxy) is 2. The van der Waals surface area contributed by atoms with E-state index in [1.54, 1.807) is 7.11 Å². The molecule has 0 fully saturated rings. The van der Waals surface area contributed by atoms with E-state index in [0.717, 1.165) is 18.2 Å². The summed E-state index contributed by atoms with van der Waals surface area (Å²) in [5.74, 6) is 0.445. The first-order valence-electron chi connectivity index (χ1n) is 5.28. The number of halogens is 1. The average Bonchev–Trinajstić information content (AvgIpc) is 2.35. The molecule has 1 rings (SSSR count). The number of methoxy groups -OCH3 is 2. The van der Waals surface area contributed by atoms with Crippen LogP contribution in [0.2, 0.25) is 0 Å². The molecule has 90 valence electrons. The van der Waals surface area contributed by atoms with E-state index >= 15 is 0 Å². The number of alkyl halides is 1. The third kappa shape index (κ3) is 2.48. The minimum absolute atomic E-state index is 0.252. The molecular formula is C12H17BrO3. The van der Waals surface area contributed by atoms with Crippen molar-refractivity contribution in [3.8, 4) is 0 Å². The fourth-order valence-electron chi connectivity index (χ4n) is 1.98. The Morgan fingerprint density at radius 2 is 2.31 bits per heavy atom. The molecule has 0 amide bonds. The summed E-state index contributed by atoms with van der Waals surface area (Å²) in [6.45, 7) is 0. The zero-order chi connectivity index (χ0) is 12.0. The fraction of sp³-hybridized carbons (Fsp3) is 0.583. The number of carbonyl (C=O) groups is 1. The molecule has 0 heterocycles. The molecular weight excluding hydrogens is 272 g/mol. The maximum atomic E-state index is 12.0. The largest absolute Gasteiger partial charge is 0.500 e. The van der Waals surface area contributed by atoms with Crippen molar-refractivity contribution in [2.24, 2.45) is 5.41 Å². The maximum absolute atomic E-state index is 12.0. The third-order valence-electron chi connectivity index (χ3n) is 2.76. The summed E-state index contributed by atoms with van der Waals surface area (Å²) in [7, 11) is 3.00. The maximum Gasteiger partial charge on any atom is 0.323 e. The van der Waals surface area contributed by atoms with Gasteiger partial charge in [-0.25, -0.2) is 0 Å². The van der Waals surface area contributed by atoms with E-state index in [-0.39, 0.29) is 5.97 Å². The molecule has 1 atom stereocenters. The lowest BCUT2D eigenvalue weighted by Crippen LogP contribution is -2.34. The van der Waals surface area contributed by atoms with Crippen LogP contribution in [0.15, 0.2) is 24.0 Å². The van der Waals surface area contributed by atoms with Crippen molar-refractivity contribution < 1.29 is 14.3 Å². The van der Waals surface area contributed by atoms with Gasteiger partial charge < -0.3 is 9.47 Å². The van der Waals surface area contributed by atoms with Crippen LogP contribution in [0.4, 0.5) is 0 Å². The van der Waals surface area contributed by atoms with Crippen LogP contribution in [0.1, 0.15) is 19.3 Å². The summed E-state index contributed by atoms with van der Waals surface area (Å²) in [4.78, 5) is 12.0. The van der Waals surface area contributed by atoms with Crippen LogP contribution in [0.3, 0.4) is 0 Å². The van der Waals surface area contributed by atoms with Crippen molar-refractivity contribution in [3.05, 3.63) is 24.0 Å². The predicted molar refractivity (Wildman–Crippen MR) is 66.3 cm³/mol. The lowest BCUT2D eigenvalue weighted by Gasteiger charge is -2.31. The van der Waals surface area contributed by atoms with E-state index in [1.807, 2.05) is 18.2 Å². The van der Waals surface area contributed by atoms with Crippen molar-refractivity contribution in [2.75, 3.05) is 19.5 Å². The second kappa shape index (κ2) is 6.09. The summed E-state index contributed by atoms with van der Waals surface area (Å²) >= 11 is 3.38. The van der Waals surface area contributed by atoms with E-state index in [1.165, 1.54) is 7.11 Å². The van der Waals surface area contributed by atoms with Crippen LogP contribution in [0.5, 0.6) is 0 Å². The van der Waals surface area contributed by atoms with Crippen LogP contribution < -0.4 is 0 Å². The van der Waals surface area contributed by atoms with Gasteiger partial charge in [-0.2, -0.15) is 0 Å². The monoisotopic (exact) mass is 288 g/mol. The Kier molecular flexibility index (Phi) is 5.06. The molecule has 1 aliphatic carbocycles. The Balaban J connectivity index is 3.00. The Morgan fingerprint density at radius 3 is 2.88 bits per heavy atom. The molecule has 0 aromatic carbocycles. The molecule has 0 N–H and O–H groups in total. The SMILES string of the molecule is COC(=O)C1(CCCBr)C=CCC=C1OC. The van der Waals surface area contributed by atoms with Crippen molar-refractivity contribution >= 4 is 21.9 Å². The number of esters is 1. The van der Waals surface area contributed by atoms with Gasteiger partial charge in [0.15, 0.2) is 0 Å². The molecule has 0 spiro atoms. The smallest absolute Gasteiger partial charge is 0.323 e. The van der Waals surface area contributed by atoms with Gasteiger partial charge in [-0.3, -0.25) is 4.79 Å². The Bertz CT molecular complexity index is 309. The molecule has 4 heteroatoms. The highest BCUT2D eigenvalue weighted by Gasteiger charge is 2.42. The van der Waals surface area contributed by atoms with Gasteiger partial charge in [-0.15, -0.1) is 0 Å². The van der Waals surface area contributed by atoms with Crippen LogP contribution in [-0.2, 0) is 14.3 Å². The quantitative estimate of drug-likeness (QED) is 0.443. The topological polar surface area (TPSA) is 35.5 Å². The van der Waals surface area contributed by atoms with Crippen molar-refractivity contribution in [1.82, 2.24) is 0 Å². The van der Waals surface area contributed by atoms with Crippen molar-refractivity contribution in [3.63, 3.8) is 0 Å². The zero-order valence-electron chi connectivity index (χ0n) is 9.66. The highest BCUT2D eigenvalue weighted by atomic mass is 79.9. The van der Waals surface area contributed by atoms with Crippen molar-refractivity contribution in [2.45, 2.75) is 19.3 Å². The van der Waals surface area contributed by atoms with Gasteiger partial charge in [0, 0.05) is 5.33 Å². The first-order valence-corrected chi connectivity index (χ1v) is 6.40. The summed E-state index contributed by atoms with van der Waals surface area (Å²) in [5, 5.41) is 0.858. The number of allylic oxidation sites excluding steroid dienone is 2. The standard InChI is InChI=1S/C12H17BrO3/c1-15-10-6-3-4-7-12(10,8-5-9-13)11(14)16-2/h4,6-7H,3,5,8-9H2,1-2H3. The summed E-state index contributed by atoms with van der Waals surface area (Å²) in [6.07, 6.45) is 8.20. The minimum atomic E-state index is -0.727. The second-order valence-corrected chi connectivity index (χ2v) is 4.46.